The van der Waals surface area contributed by atoms with Crippen LogP contribution >= 0.6 is 0 Å². The number of hydrogen-bond donors (Lipinski definition) is 0. The Hall–Kier alpha value is -4.73. The molecule has 0 aliphatic carbocycles. The average Bonchev–Trinajstić information content (AvgIpc) is 2.87. The van der Waals surface area contributed by atoms with Crippen molar-refractivity contribution in [1.29, 1.82) is 0 Å². The van der Waals surface area contributed by atoms with Crippen LogP contribution < -0.4 is 19.8 Å². The van der Waals surface area contributed by atoms with E-state index in [0.717, 1.165) is 6.20 Å². The van der Waals surface area contributed by atoms with Crippen molar-refractivity contribution in [3.05, 3.63) is 86.6 Å². The topological polar surface area (TPSA) is 119 Å². The van der Waals surface area contributed by atoms with Crippen LogP contribution in [0, 0.1) is 10.1 Å². The summed E-state index contributed by atoms with van der Waals surface area (Å²) in [6.45, 7) is 0. The second-order valence-electron chi connectivity index (χ2n) is 7.04. The third-order valence-electron chi connectivity index (χ3n) is 5.13. The molecular formula is C24H20N4O6. The number of para-hydroxylation sites is 1. The lowest BCUT2D eigenvalue weighted by Gasteiger charge is -2.13. The molecule has 0 atom stereocenters. The predicted molar refractivity (Wildman–Crippen MR) is 127 cm³/mol. The van der Waals surface area contributed by atoms with Crippen LogP contribution in [0.1, 0.15) is 11.4 Å². The fourth-order valence-electron chi connectivity index (χ4n) is 3.46. The van der Waals surface area contributed by atoms with E-state index in [1.54, 1.807) is 55.7 Å². The Labute approximate surface area is 193 Å². The third kappa shape index (κ3) is 4.16. The van der Waals surface area contributed by atoms with Gasteiger partial charge in [0.05, 0.1) is 42.7 Å². The van der Waals surface area contributed by atoms with E-state index in [1.807, 2.05) is 0 Å². The molecule has 2 aromatic heterocycles. The van der Waals surface area contributed by atoms with Gasteiger partial charge in [-0.1, -0.05) is 12.1 Å². The molecule has 0 aliphatic heterocycles. The minimum atomic E-state index is -0.554. The molecule has 0 radical (unpaired) electrons. The molecule has 10 heteroatoms. The molecule has 2 heterocycles. The van der Waals surface area contributed by atoms with E-state index >= 15 is 0 Å². The molecule has 34 heavy (non-hydrogen) atoms. The summed E-state index contributed by atoms with van der Waals surface area (Å²) in [5.41, 5.74) is 0.561. The summed E-state index contributed by atoms with van der Waals surface area (Å²) in [5.74, 6) is 2.01. The lowest BCUT2D eigenvalue weighted by Crippen LogP contribution is -2.23. The third-order valence-corrected chi connectivity index (χ3v) is 5.13. The van der Waals surface area contributed by atoms with Gasteiger partial charge in [-0.05, 0) is 30.4 Å². The number of methoxy groups -OCH3 is 3. The largest absolute Gasteiger partial charge is 0.496 e. The molecule has 2 aromatic carbocycles. The number of pyridine rings is 1. The second kappa shape index (κ2) is 9.41. The second-order valence-corrected chi connectivity index (χ2v) is 7.04. The minimum absolute atomic E-state index is 0.185. The molecule has 4 aromatic rings. The summed E-state index contributed by atoms with van der Waals surface area (Å²) >= 11 is 0. The highest BCUT2D eigenvalue weighted by Crippen LogP contribution is 2.35. The van der Waals surface area contributed by atoms with E-state index in [1.165, 1.54) is 30.9 Å². The Morgan fingerprint density at radius 3 is 2.26 bits per heavy atom. The van der Waals surface area contributed by atoms with E-state index in [9.17, 15) is 14.9 Å². The van der Waals surface area contributed by atoms with Crippen molar-refractivity contribution in [2.75, 3.05) is 21.3 Å². The fourth-order valence-corrected chi connectivity index (χ4v) is 3.46. The minimum Gasteiger partial charge on any atom is -0.496 e. The number of hydrogen-bond acceptors (Lipinski definition) is 8. The van der Waals surface area contributed by atoms with E-state index in [4.69, 9.17) is 14.2 Å². The maximum Gasteiger partial charge on any atom is 0.287 e. The molecule has 4 rings (SSSR count). The van der Waals surface area contributed by atoms with Crippen molar-refractivity contribution < 1.29 is 19.1 Å². The van der Waals surface area contributed by atoms with Gasteiger partial charge < -0.3 is 14.2 Å². The summed E-state index contributed by atoms with van der Waals surface area (Å²) in [5, 5.41) is 11.4. The van der Waals surface area contributed by atoms with Gasteiger partial charge in [-0.3, -0.25) is 14.9 Å². The first-order valence-electron chi connectivity index (χ1n) is 10.1. The highest BCUT2D eigenvalue weighted by Gasteiger charge is 2.15. The number of rotatable bonds is 7. The molecule has 0 fully saturated rings. The van der Waals surface area contributed by atoms with Crippen molar-refractivity contribution in [2.24, 2.45) is 0 Å². The zero-order valence-corrected chi connectivity index (χ0v) is 18.6. The zero-order valence-electron chi connectivity index (χ0n) is 18.6. The summed E-state index contributed by atoms with van der Waals surface area (Å²) < 4.78 is 17.6. The highest BCUT2D eigenvalue weighted by molar-refractivity contribution is 5.81. The number of aromatic nitrogens is 3. The Kier molecular flexibility index (Phi) is 6.22. The number of ether oxygens (including phenoxy) is 3. The van der Waals surface area contributed by atoms with Gasteiger partial charge in [0.2, 0.25) is 0 Å². The van der Waals surface area contributed by atoms with Crippen LogP contribution in [0.25, 0.3) is 28.9 Å². The van der Waals surface area contributed by atoms with Gasteiger partial charge in [-0.2, -0.15) is 0 Å². The molecule has 0 aliphatic rings. The van der Waals surface area contributed by atoms with Crippen LogP contribution in [0.3, 0.4) is 0 Å². The van der Waals surface area contributed by atoms with Gasteiger partial charge in [0.15, 0.2) is 0 Å². The molecule has 0 spiro atoms. The van der Waals surface area contributed by atoms with E-state index in [-0.39, 0.29) is 22.9 Å². The zero-order chi connectivity index (χ0) is 24.2. The van der Waals surface area contributed by atoms with Crippen LogP contribution in [0.15, 0.2) is 59.5 Å². The Morgan fingerprint density at radius 1 is 0.971 bits per heavy atom. The first-order chi connectivity index (χ1) is 16.5. The summed E-state index contributed by atoms with van der Waals surface area (Å²) in [6, 6.07) is 13.0. The average molecular weight is 460 g/mol. The number of nitro groups is 1. The van der Waals surface area contributed by atoms with Crippen molar-refractivity contribution in [3.63, 3.8) is 0 Å². The quantitative estimate of drug-likeness (QED) is 0.301. The van der Waals surface area contributed by atoms with E-state index in [2.05, 4.69) is 9.97 Å². The Bertz CT molecular complexity index is 1440. The molecule has 0 saturated carbocycles. The standard InChI is InChI=1S/C24H20N4O6/c1-32-16-12-20(33-2)18(21(13-16)34-3)9-11-23-26-19-7-5-4-6-17(19)24(29)27(23)22-10-8-15(14-25-22)28(30)31/h4-14H,1-3H3/b11-9+. The first kappa shape index (κ1) is 22.5. The van der Waals surface area contributed by atoms with Crippen LogP contribution in [-0.2, 0) is 0 Å². The molecule has 0 amide bonds. The number of benzene rings is 2. The summed E-state index contributed by atoms with van der Waals surface area (Å²) in [4.78, 5) is 32.6. The molecule has 0 bridgehead atoms. The highest BCUT2D eigenvalue weighted by atomic mass is 16.6. The summed E-state index contributed by atoms with van der Waals surface area (Å²) in [6.07, 6.45) is 4.43. The van der Waals surface area contributed by atoms with Gasteiger partial charge in [0, 0.05) is 18.2 Å². The smallest absolute Gasteiger partial charge is 0.287 e. The molecule has 0 unspecified atom stereocenters. The van der Waals surface area contributed by atoms with Crippen molar-refractivity contribution in [1.82, 2.24) is 14.5 Å². The maximum absolute atomic E-state index is 13.4. The molecular weight excluding hydrogens is 440 g/mol. The Balaban J connectivity index is 1.93. The van der Waals surface area contributed by atoms with E-state index < -0.39 is 4.92 Å². The van der Waals surface area contributed by atoms with Crippen LogP contribution in [0.5, 0.6) is 17.2 Å². The van der Waals surface area contributed by atoms with Gasteiger partial charge in [0.25, 0.3) is 11.2 Å². The molecule has 10 nitrogen and oxygen atoms in total. The monoisotopic (exact) mass is 460 g/mol. The normalized spacial score (nSPS) is 11.0. The molecule has 0 N–H and O–H groups in total. The van der Waals surface area contributed by atoms with Gasteiger partial charge >= 0.3 is 0 Å². The van der Waals surface area contributed by atoms with Crippen molar-refractivity contribution in [2.45, 2.75) is 0 Å². The van der Waals surface area contributed by atoms with Gasteiger partial charge in [-0.15, -0.1) is 0 Å². The lowest BCUT2D eigenvalue weighted by molar-refractivity contribution is -0.385. The van der Waals surface area contributed by atoms with Crippen LogP contribution in [0.2, 0.25) is 0 Å². The van der Waals surface area contributed by atoms with Gasteiger partial charge in [-0.25, -0.2) is 14.5 Å². The van der Waals surface area contributed by atoms with Crippen molar-refractivity contribution in [3.8, 4) is 23.1 Å². The summed E-state index contributed by atoms with van der Waals surface area (Å²) in [7, 11) is 4.59. The predicted octanol–water partition coefficient (Wildman–Crippen LogP) is 3.89. The number of nitrogens with zero attached hydrogens (tertiary/aromatic N) is 4. The molecule has 0 saturated heterocycles. The van der Waals surface area contributed by atoms with Crippen LogP contribution in [-0.4, -0.2) is 40.8 Å². The fraction of sp³-hybridized carbons (Fsp3) is 0.125. The number of fused-ring (bicyclic) bond motifs is 1. The van der Waals surface area contributed by atoms with Gasteiger partial charge in [0.1, 0.15) is 35.1 Å². The van der Waals surface area contributed by atoms with Crippen molar-refractivity contribution >= 4 is 28.7 Å². The Morgan fingerprint density at radius 2 is 1.68 bits per heavy atom. The van der Waals surface area contributed by atoms with Crippen LogP contribution in [0.4, 0.5) is 5.69 Å². The lowest BCUT2D eigenvalue weighted by atomic mass is 10.1. The van der Waals surface area contributed by atoms with E-state index in [0.29, 0.717) is 33.7 Å². The molecule has 172 valence electrons. The SMILES string of the molecule is COc1cc(OC)c(/C=C/c2nc3ccccc3c(=O)n2-c2ccc([N+](=O)[O-])cn2)c(OC)c1. The first-order valence-corrected chi connectivity index (χ1v) is 10.1. The maximum atomic E-state index is 13.4.